The average molecular weight is 286 g/mol. The van der Waals surface area contributed by atoms with Crippen molar-refractivity contribution >= 4 is 15.7 Å². The molecule has 0 aromatic heterocycles. The second kappa shape index (κ2) is 5.36. The van der Waals surface area contributed by atoms with Gasteiger partial charge in [-0.2, -0.15) is 0 Å². The number of phenols is 1. The summed E-state index contributed by atoms with van der Waals surface area (Å²) in [6.45, 7) is 0. The monoisotopic (exact) mass is 286 g/mol. The van der Waals surface area contributed by atoms with Gasteiger partial charge in [-0.15, -0.1) is 0 Å². The van der Waals surface area contributed by atoms with Crippen molar-refractivity contribution in [3.63, 3.8) is 0 Å². The SMILES string of the molecule is Nc1cc(S(=O)(=O)N[C@@H]2CCCC[C@H]2O)ccc1O. The zero-order valence-corrected chi connectivity index (χ0v) is 11.2. The lowest BCUT2D eigenvalue weighted by Gasteiger charge is -2.28. The first-order valence-electron chi connectivity index (χ1n) is 6.19. The van der Waals surface area contributed by atoms with E-state index in [4.69, 9.17) is 5.73 Å². The molecule has 6 nitrogen and oxygen atoms in total. The van der Waals surface area contributed by atoms with Gasteiger partial charge in [0.1, 0.15) is 5.75 Å². The van der Waals surface area contributed by atoms with Gasteiger partial charge in [-0.1, -0.05) is 12.8 Å². The summed E-state index contributed by atoms with van der Waals surface area (Å²) in [6.07, 6.45) is 2.37. The summed E-state index contributed by atoms with van der Waals surface area (Å²) in [5, 5.41) is 19.1. The van der Waals surface area contributed by atoms with E-state index in [1.165, 1.54) is 18.2 Å². The number of hydrogen-bond donors (Lipinski definition) is 4. The molecule has 0 amide bonds. The Labute approximate surface area is 112 Å². The molecular weight excluding hydrogens is 268 g/mol. The van der Waals surface area contributed by atoms with Gasteiger partial charge in [-0.3, -0.25) is 0 Å². The molecule has 2 rings (SSSR count). The molecule has 19 heavy (non-hydrogen) atoms. The number of rotatable bonds is 3. The normalized spacial score (nSPS) is 24.3. The summed E-state index contributed by atoms with van der Waals surface area (Å²) in [4.78, 5) is -0.0134. The molecule has 5 N–H and O–H groups in total. The molecular formula is C12H18N2O4S. The molecule has 0 bridgehead atoms. The number of nitrogen functional groups attached to an aromatic ring is 1. The summed E-state index contributed by atoms with van der Waals surface area (Å²) >= 11 is 0. The number of aliphatic hydroxyl groups excluding tert-OH is 1. The van der Waals surface area contributed by atoms with Gasteiger partial charge >= 0.3 is 0 Å². The maximum atomic E-state index is 12.2. The number of benzene rings is 1. The summed E-state index contributed by atoms with van der Waals surface area (Å²) in [5.41, 5.74) is 5.49. The fraction of sp³-hybridized carbons (Fsp3) is 0.500. The van der Waals surface area contributed by atoms with Crippen molar-refractivity contribution in [2.45, 2.75) is 42.7 Å². The number of hydrogen-bond acceptors (Lipinski definition) is 5. The van der Waals surface area contributed by atoms with E-state index in [1.807, 2.05) is 0 Å². The third kappa shape index (κ3) is 3.17. The molecule has 0 radical (unpaired) electrons. The number of nitrogens with two attached hydrogens (primary N) is 1. The molecule has 2 atom stereocenters. The molecule has 0 spiro atoms. The highest BCUT2D eigenvalue weighted by Crippen LogP contribution is 2.25. The van der Waals surface area contributed by atoms with Crippen molar-refractivity contribution in [3.8, 4) is 5.75 Å². The van der Waals surface area contributed by atoms with E-state index in [-0.39, 0.29) is 16.3 Å². The van der Waals surface area contributed by atoms with Crippen molar-refractivity contribution in [1.82, 2.24) is 4.72 Å². The van der Waals surface area contributed by atoms with E-state index in [9.17, 15) is 18.6 Å². The zero-order valence-electron chi connectivity index (χ0n) is 10.4. The molecule has 1 aromatic rings. The Hall–Kier alpha value is -1.31. The number of aliphatic hydroxyl groups is 1. The molecule has 0 heterocycles. The van der Waals surface area contributed by atoms with Crippen molar-refractivity contribution < 1.29 is 18.6 Å². The maximum Gasteiger partial charge on any atom is 0.240 e. The summed E-state index contributed by atoms with van der Waals surface area (Å²) in [7, 11) is -3.73. The van der Waals surface area contributed by atoms with Crippen LogP contribution in [0, 0.1) is 0 Å². The van der Waals surface area contributed by atoms with Crippen LogP contribution in [0.4, 0.5) is 5.69 Å². The van der Waals surface area contributed by atoms with E-state index >= 15 is 0 Å². The fourth-order valence-electron chi connectivity index (χ4n) is 2.22. The highest BCUT2D eigenvalue weighted by atomic mass is 32.2. The molecule has 1 aromatic carbocycles. The molecule has 0 aliphatic heterocycles. The smallest absolute Gasteiger partial charge is 0.240 e. The molecule has 1 fully saturated rings. The summed E-state index contributed by atoms with van der Waals surface area (Å²) < 4.78 is 26.8. The standard InChI is InChI=1S/C12H18N2O4S/c13-9-7-8(5-6-11(9)15)19(17,18)14-10-3-1-2-4-12(10)16/h5-7,10,12,14-16H,1-4,13H2/t10-,12-/m1/s1. The fourth-order valence-corrected chi connectivity index (χ4v) is 3.55. The Kier molecular flexibility index (Phi) is 3.98. The number of nitrogens with one attached hydrogen (secondary N) is 1. The van der Waals surface area contributed by atoms with Crippen molar-refractivity contribution in [1.29, 1.82) is 0 Å². The van der Waals surface area contributed by atoms with Gasteiger partial charge in [-0.25, -0.2) is 13.1 Å². The second-order valence-corrected chi connectivity index (χ2v) is 6.51. The van der Waals surface area contributed by atoms with E-state index in [0.717, 1.165) is 12.8 Å². The van der Waals surface area contributed by atoms with Gasteiger partial charge in [-0.05, 0) is 31.0 Å². The number of anilines is 1. The first-order chi connectivity index (χ1) is 8.90. The van der Waals surface area contributed by atoms with Crippen LogP contribution in [0.5, 0.6) is 5.75 Å². The molecule has 1 aliphatic rings. The second-order valence-electron chi connectivity index (χ2n) is 4.80. The first-order valence-corrected chi connectivity index (χ1v) is 7.67. The van der Waals surface area contributed by atoms with Gasteiger partial charge in [0, 0.05) is 6.04 Å². The Morgan fingerprint density at radius 1 is 1.26 bits per heavy atom. The number of phenolic OH excluding ortho intramolecular Hbond substituents is 1. The van der Waals surface area contributed by atoms with Gasteiger partial charge in [0.05, 0.1) is 16.7 Å². The largest absolute Gasteiger partial charge is 0.506 e. The van der Waals surface area contributed by atoms with Crippen LogP contribution in [0.2, 0.25) is 0 Å². The third-order valence-corrected chi connectivity index (χ3v) is 4.83. The molecule has 1 saturated carbocycles. The zero-order chi connectivity index (χ0) is 14.0. The molecule has 7 heteroatoms. The quantitative estimate of drug-likeness (QED) is 0.479. The topological polar surface area (TPSA) is 113 Å². The van der Waals surface area contributed by atoms with Crippen LogP contribution in [0.15, 0.2) is 23.1 Å². The van der Waals surface area contributed by atoms with Gasteiger partial charge in [0.25, 0.3) is 0 Å². The number of aromatic hydroxyl groups is 1. The predicted molar refractivity (Wildman–Crippen MR) is 71.1 cm³/mol. The van der Waals surface area contributed by atoms with Gasteiger partial charge in [0.2, 0.25) is 10.0 Å². The molecule has 0 unspecified atom stereocenters. The number of sulfonamides is 1. The Bertz CT molecular complexity index is 559. The van der Waals surface area contributed by atoms with Crippen LogP contribution in [0.25, 0.3) is 0 Å². The first kappa shape index (κ1) is 14.1. The van der Waals surface area contributed by atoms with Crippen LogP contribution in [-0.4, -0.2) is 30.8 Å². The highest BCUT2D eigenvalue weighted by Gasteiger charge is 2.28. The molecule has 106 valence electrons. The third-order valence-electron chi connectivity index (χ3n) is 3.35. The van der Waals surface area contributed by atoms with E-state index in [2.05, 4.69) is 4.72 Å². The summed E-state index contributed by atoms with van der Waals surface area (Å²) in [6, 6.07) is 3.26. The predicted octanol–water partition coefficient (Wildman–Crippen LogP) is 0.556. The van der Waals surface area contributed by atoms with Crippen LogP contribution in [-0.2, 0) is 10.0 Å². The van der Waals surface area contributed by atoms with Crippen LogP contribution in [0.1, 0.15) is 25.7 Å². The van der Waals surface area contributed by atoms with E-state index in [1.54, 1.807) is 0 Å². The van der Waals surface area contributed by atoms with Crippen molar-refractivity contribution in [2.75, 3.05) is 5.73 Å². The van der Waals surface area contributed by atoms with E-state index in [0.29, 0.717) is 12.8 Å². The minimum Gasteiger partial charge on any atom is -0.506 e. The van der Waals surface area contributed by atoms with Crippen molar-refractivity contribution in [3.05, 3.63) is 18.2 Å². The minimum absolute atomic E-state index is 0.00654. The maximum absolute atomic E-state index is 12.2. The van der Waals surface area contributed by atoms with Crippen LogP contribution in [0.3, 0.4) is 0 Å². The Balaban J connectivity index is 2.19. The molecule has 0 saturated heterocycles. The molecule has 1 aliphatic carbocycles. The van der Waals surface area contributed by atoms with E-state index < -0.39 is 22.2 Å². The lowest BCUT2D eigenvalue weighted by Crippen LogP contribution is -2.44. The lowest BCUT2D eigenvalue weighted by molar-refractivity contribution is 0.101. The Morgan fingerprint density at radius 2 is 1.95 bits per heavy atom. The summed E-state index contributed by atoms with van der Waals surface area (Å²) in [5.74, 6) is -0.156. The lowest BCUT2D eigenvalue weighted by atomic mass is 9.93. The van der Waals surface area contributed by atoms with Crippen LogP contribution < -0.4 is 10.5 Å². The highest BCUT2D eigenvalue weighted by molar-refractivity contribution is 7.89. The minimum atomic E-state index is -3.73. The Morgan fingerprint density at radius 3 is 2.58 bits per heavy atom. The average Bonchev–Trinajstić information content (AvgIpc) is 2.35. The van der Waals surface area contributed by atoms with Gasteiger partial charge in [0.15, 0.2) is 0 Å². The van der Waals surface area contributed by atoms with Gasteiger partial charge < -0.3 is 15.9 Å². The van der Waals surface area contributed by atoms with Crippen LogP contribution >= 0.6 is 0 Å². The van der Waals surface area contributed by atoms with Crippen molar-refractivity contribution in [2.24, 2.45) is 0 Å².